The van der Waals surface area contributed by atoms with Crippen LogP contribution in [0.3, 0.4) is 0 Å². The first-order valence-corrected chi connectivity index (χ1v) is 8.19. The lowest BCUT2D eigenvalue weighted by molar-refractivity contribution is -0.384. The summed E-state index contributed by atoms with van der Waals surface area (Å²) < 4.78 is 26.3. The van der Waals surface area contributed by atoms with E-state index in [0.717, 1.165) is 30.0 Å². The molecule has 0 atom stereocenters. The standard InChI is InChI=1S/C13H12N4O5S/c18-13(12-7-10-8-14-5-6-16(10)15-12)23(21,22)11-3-1-9(2-4-11)17(19)20/h1-4,7,14H,5-6,8H2. The highest BCUT2D eigenvalue weighted by molar-refractivity contribution is 8.06. The number of hydrogen-bond donors (Lipinski definition) is 1. The Labute approximate surface area is 131 Å². The molecule has 2 heterocycles. The topological polar surface area (TPSA) is 124 Å². The summed E-state index contributed by atoms with van der Waals surface area (Å²) in [6, 6.07) is 5.62. The fourth-order valence-corrected chi connectivity index (χ4v) is 3.37. The van der Waals surface area contributed by atoms with Gasteiger partial charge in [0.05, 0.1) is 22.1 Å². The molecule has 0 unspecified atom stereocenters. The zero-order valence-corrected chi connectivity index (χ0v) is 12.6. The van der Waals surface area contributed by atoms with Crippen LogP contribution in [0.15, 0.2) is 35.2 Å². The summed E-state index contributed by atoms with van der Waals surface area (Å²) in [5.41, 5.74) is 0.334. The molecule has 1 aromatic heterocycles. The summed E-state index contributed by atoms with van der Waals surface area (Å²) in [4.78, 5) is 21.9. The predicted molar refractivity (Wildman–Crippen MR) is 78.5 cm³/mol. The second-order valence-corrected chi connectivity index (χ2v) is 6.81. The minimum atomic E-state index is -4.29. The van der Waals surface area contributed by atoms with Crippen molar-refractivity contribution in [2.75, 3.05) is 6.54 Å². The van der Waals surface area contributed by atoms with Crippen molar-refractivity contribution in [2.24, 2.45) is 0 Å². The van der Waals surface area contributed by atoms with Gasteiger partial charge in [0.25, 0.3) is 5.69 Å². The van der Waals surface area contributed by atoms with E-state index >= 15 is 0 Å². The van der Waals surface area contributed by atoms with Crippen molar-refractivity contribution in [2.45, 2.75) is 18.0 Å². The molecular formula is C13H12N4O5S. The Morgan fingerprint density at radius 2 is 2.00 bits per heavy atom. The lowest BCUT2D eigenvalue weighted by atomic mass is 10.3. The maximum absolute atomic E-state index is 12.3. The Kier molecular flexibility index (Phi) is 3.70. The van der Waals surface area contributed by atoms with Crippen LogP contribution in [0.25, 0.3) is 0 Å². The van der Waals surface area contributed by atoms with Crippen LogP contribution in [-0.2, 0) is 22.9 Å². The third kappa shape index (κ3) is 2.73. The molecule has 0 aliphatic carbocycles. The molecule has 0 radical (unpaired) electrons. The fraction of sp³-hybridized carbons (Fsp3) is 0.231. The molecule has 0 saturated carbocycles. The third-order valence-corrected chi connectivity index (χ3v) is 5.07. The third-order valence-electron chi connectivity index (χ3n) is 3.48. The van der Waals surface area contributed by atoms with Crippen molar-refractivity contribution in [1.82, 2.24) is 15.1 Å². The van der Waals surface area contributed by atoms with E-state index in [1.54, 1.807) is 4.68 Å². The van der Waals surface area contributed by atoms with E-state index in [2.05, 4.69) is 10.4 Å². The summed E-state index contributed by atoms with van der Waals surface area (Å²) >= 11 is 0. The van der Waals surface area contributed by atoms with Crippen LogP contribution in [0.4, 0.5) is 5.69 Å². The SMILES string of the molecule is O=C(c1cc2n(n1)CCNC2)S(=O)(=O)c1ccc([N+](=O)[O-])cc1. The summed E-state index contributed by atoms with van der Waals surface area (Å²) in [6.45, 7) is 1.76. The lowest BCUT2D eigenvalue weighted by Gasteiger charge is -2.13. The molecule has 0 spiro atoms. The van der Waals surface area contributed by atoms with Crippen LogP contribution >= 0.6 is 0 Å². The molecule has 9 nitrogen and oxygen atoms in total. The Morgan fingerprint density at radius 1 is 1.30 bits per heavy atom. The maximum atomic E-state index is 12.3. The number of carbonyl (C=O) groups is 1. The van der Waals surface area contributed by atoms with E-state index < -0.39 is 19.9 Å². The smallest absolute Gasteiger partial charge is 0.301 e. The molecule has 2 aromatic rings. The molecule has 3 rings (SSSR count). The van der Waals surface area contributed by atoms with Crippen LogP contribution in [0.1, 0.15) is 16.2 Å². The molecule has 1 aliphatic heterocycles. The van der Waals surface area contributed by atoms with Gasteiger partial charge >= 0.3 is 5.12 Å². The first-order chi connectivity index (χ1) is 10.9. The first-order valence-electron chi connectivity index (χ1n) is 6.71. The molecule has 1 aliphatic rings. The normalized spacial score (nSPS) is 14.3. The second-order valence-electron chi connectivity index (χ2n) is 4.96. The van der Waals surface area contributed by atoms with Gasteiger partial charge in [-0.1, -0.05) is 0 Å². The van der Waals surface area contributed by atoms with Crippen LogP contribution in [0.2, 0.25) is 0 Å². The Bertz CT molecular complexity index is 862. The van der Waals surface area contributed by atoms with E-state index in [-0.39, 0.29) is 16.3 Å². The number of fused-ring (bicyclic) bond motifs is 1. The quantitative estimate of drug-likeness (QED) is 0.639. The fourth-order valence-electron chi connectivity index (χ4n) is 2.28. The van der Waals surface area contributed by atoms with Gasteiger partial charge in [-0.25, -0.2) is 8.42 Å². The summed E-state index contributed by atoms with van der Waals surface area (Å²) in [5, 5.41) is 16.6. The molecule has 120 valence electrons. The highest BCUT2D eigenvalue weighted by Crippen LogP contribution is 2.20. The predicted octanol–water partition coefficient (Wildman–Crippen LogP) is 0.509. The highest BCUT2D eigenvalue weighted by Gasteiger charge is 2.30. The second kappa shape index (κ2) is 5.56. The first kappa shape index (κ1) is 15.3. The number of carbonyl (C=O) groups excluding carboxylic acids is 1. The van der Waals surface area contributed by atoms with Crippen molar-refractivity contribution < 1.29 is 18.1 Å². The van der Waals surface area contributed by atoms with E-state index in [1.807, 2.05) is 0 Å². The number of nitrogens with zero attached hydrogens (tertiary/aromatic N) is 3. The monoisotopic (exact) mass is 336 g/mol. The molecule has 0 fully saturated rings. The van der Waals surface area contributed by atoms with E-state index in [0.29, 0.717) is 19.6 Å². The van der Waals surface area contributed by atoms with Crippen molar-refractivity contribution in [3.63, 3.8) is 0 Å². The Balaban J connectivity index is 1.93. The minimum absolute atomic E-state index is 0.151. The van der Waals surface area contributed by atoms with Gasteiger partial charge in [0.15, 0.2) is 0 Å². The number of hydrogen-bond acceptors (Lipinski definition) is 7. The molecule has 0 amide bonds. The highest BCUT2D eigenvalue weighted by atomic mass is 32.2. The van der Waals surface area contributed by atoms with Crippen LogP contribution in [-0.4, -0.2) is 34.8 Å². The lowest BCUT2D eigenvalue weighted by Crippen LogP contribution is -2.28. The molecule has 10 heteroatoms. The minimum Gasteiger partial charge on any atom is -0.309 e. The van der Waals surface area contributed by atoms with Crippen molar-refractivity contribution in [1.29, 1.82) is 0 Å². The van der Waals surface area contributed by atoms with Gasteiger partial charge < -0.3 is 5.32 Å². The number of non-ortho nitro benzene ring substituents is 1. The average molecular weight is 336 g/mol. The number of nitrogens with one attached hydrogen (secondary N) is 1. The number of nitro groups is 1. The van der Waals surface area contributed by atoms with Gasteiger partial charge in [-0.15, -0.1) is 0 Å². The number of sulfone groups is 1. The van der Waals surface area contributed by atoms with E-state index in [1.165, 1.54) is 6.07 Å². The average Bonchev–Trinajstić information content (AvgIpc) is 2.98. The molecule has 23 heavy (non-hydrogen) atoms. The Hall–Kier alpha value is -2.59. The maximum Gasteiger partial charge on any atom is 0.301 e. The number of rotatable bonds is 3. The Morgan fingerprint density at radius 3 is 2.61 bits per heavy atom. The van der Waals surface area contributed by atoms with Gasteiger partial charge in [-0.05, 0) is 18.2 Å². The number of aromatic nitrogens is 2. The van der Waals surface area contributed by atoms with Crippen LogP contribution < -0.4 is 5.32 Å². The summed E-state index contributed by atoms with van der Waals surface area (Å²) in [5.74, 6) is 0. The van der Waals surface area contributed by atoms with Crippen molar-refractivity contribution in [3.8, 4) is 0 Å². The van der Waals surface area contributed by atoms with Gasteiger partial charge in [0.1, 0.15) is 5.69 Å². The van der Waals surface area contributed by atoms with Gasteiger partial charge in [0.2, 0.25) is 9.84 Å². The molecule has 1 N–H and O–H groups in total. The van der Waals surface area contributed by atoms with Crippen molar-refractivity contribution in [3.05, 3.63) is 51.8 Å². The largest absolute Gasteiger partial charge is 0.309 e. The summed E-state index contributed by atoms with van der Waals surface area (Å²) in [7, 11) is -4.29. The molecule has 0 bridgehead atoms. The van der Waals surface area contributed by atoms with E-state index in [9.17, 15) is 23.3 Å². The van der Waals surface area contributed by atoms with Gasteiger partial charge in [0, 0.05) is 25.2 Å². The molecule has 1 aromatic carbocycles. The van der Waals surface area contributed by atoms with Gasteiger partial charge in [-0.3, -0.25) is 19.6 Å². The molecule has 0 saturated heterocycles. The van der Waals surface area contributed by atoms with Gasteiger partial charge in [-0.2, -0.15) is 5.10 Å². The van der Waals surface area contributed by atoms with E-state index in [4.69, 9.17) is 0 Å². The zero-order chi connectivity index (χ0) is 16.6. The zero-order valence-electron chi connectivity index (χ0n) is 11.8. The van der Waals surface area contributed by atoms with Crippen molar-refractivity contribution >= 4 is 20.6 Å². The van der Waals surface area contributed by atoms with Crippen LogP contribution in [0, 0.1) is 10.1 Å². The van der Waals surface area contributed by atoms with Crippen LogP contribution in [0.5, 0.6) is 0 Å². The molecular weight excluding hydrogens is 324 g/mol. The number of benzene rings is 1. The summed E-state index contributed by atoms with van der Waals surface area (Å²) in [6.07, 6.45) is 0. The number of nitro benzene ring substituents is 1.